The molecule has 0 bridgehead atoms. The number of urea groups is 1. The van der Waals surface area contributed by atoms with Crippen molar-refractivity contribution in [3.05, 3.63) is 29.8 Å². The lowest BCUT2D eigenvalue weighted by Gasteiger charge is -2.25. The summed E-state index contributed by atoms with van der Waals surface area (Å²) >= 11 is 0. The summed E-state index contributed by atoms with van der Waals surface area (Å²) in [5.41, 5.74) is 0.940. The molecule has 3 rings (SSSR count). The van der Waals surface area contributed by atoms with Gasteiger partial charge in [-0.2, -0.15) is 0 Å². The molecule has 0 spiro atoms. The van der Waals surface area contributed by atoms with E-state index >= 15 is 0 Å². The van der Waals surface area contributed by atoms with Crippen LogP contribution in [0.25, 0.3) is 0 Å². The maximum absolute atomic E-state index is 12.3. The molecule has 1 saturated carbocycles. The second-order valence-corrected chi connectivity index (χ2v) is 7.20. The van der Waals surface area contributed by atoms with Crippen LogP contribution in [0.4, 0.5) is 4.79 Å². The predicted octanol–water partition coefficient (Wildman–Crippen LogP) is 2.33. The van der Waals surface area contributed by atoms with Gasteiger partial charge in [0.05, 0.1) is 5.92 Å². The number of benzene rings is 1. The van der Waals surface area contributed by atoms with Crippen molar-refractivity contribution < 1.29 is 23.9 Å². The largest absolute Gasteiger partial charge is 0.492 e. The number of imide groups is 1. The Bertz CT molecular complexity index is 699. The molecule has 7 nitrogen and oxygen atoms in total. The number of para-hydroxylation sites is 1. The Morgan fingerprint density at radius 2 is 1.89 bits per heavy atom. The maximum Gasteiger partial charge on any atom is 0.321 e. The van der Waals surface area contributed by atoms with Crippen molar-refractivity contribution in [3.8, 4) is 5.75 Å². The topological polar surface area (TPSA) is 93.7 Å². The third kappa shape index (κ3) is 5.21. The number of carbonyl (C=O) groups is 3. The fourth-order valence-corrected chi connectivity index (χ4v) is 3.49. The lowest BCUT2D eigenvalue weighted by molar-refractivity contribution is -0.159. The van der Waals surface area contributed by atoms with Crippen LogP contribution in [0, 0.1) is 5.92 Å². The van der Waals surface area contributed by atoms with Gasteiger partial charge in [0.25, 0.3) is 5.91 Å². The number of fused-ring (bicyclic) bond motifs is 1. The van der Waals surface area contributed by atoms with E-state index in [1.54, 1.807) is 0 Å². The number of carbonyl (C=O) groups excluding carboxylic acids is 3. The van der Waals surface area contributed by atoms with Gasteiger partial charge in [0.1, 0.15) is 12.4 Å². The Balaban J connectivity index is 1.45. The molecule has 0 radical (unpaired) electrons. The molecule has 2 aliphatic rings. The molecule has 3 amide bonds. The molecule has 1 aliphatic carbocycles. The predicted molar refractivity (Wildman–Crippen MR) is 98.2 cm³/mol. The van der Waals surface area contributed by atoms with Crippen LogP contribution in [0.1, 0.15) is 44.6 Å². The van der Waals surface area contributed by atoms with E-state index in [0.29, 0.717) is 6.42 Å². The van der Waals surface area contributed by atoms with E-state index in [1.807, 2.05) is 24.3 Å². The molecule has 1 fully saturated rings. The quantitative estimate of drug-likeness (QED) is 0.789. The number of esters is 1. The Morgan fingerprint density at radius 1 is 1.15 bits per heavy atom. The highest BCUT2D eigenvalue weighted by atomic mass is 16.6. The Hall–Kier alpha value is -2.57. The van der Waals surface area contributed by atoms with E-state index in [0.717, 1.165) is 37.0 Å². The summed E-state index contributed by atoms with van der Waals surface area (Å²) in [6, 6.07) is 7.09. The maximum atomic E-state index is 12.3. The fourth-order valence-electron chi connectivity index (χ4n) is 3.49. The van der Waals surface area contributed by atoms with E-state index in [1.165, 1.54) is 13.3 Å². The lowest BCUT2D eigenvalue weighted by Crippen LogP contribution is -2.48. The second-order valence-electron chi connectivity index (χ2n) is 7.20. The average molecular weight is 374 g/mol. The van der Waals surface area contributed by atoms with Crippen LogP contribution in [0.5, 0.6) is 5.75 Å². The zero-order valence-electron chi connectivity index (χ0n) is 15.5. The van der Waals surface area contributed by atoms with Crippen LogP contribution in [0.15, 0.2) is 24.3 Å². The standard InChI is InChI=1S/C20H26N2O5/c1-13(18(23)22-20(25)21-16-8-3-2-4-9-16)27-19(24)15-11-14-7-5-6-10-17(14)26-12-15/h5-7,10,13,15-16H,2-4,8-9,11-12H2,1H3,(H2,21,22,23,25). The molecule has 27 heavy (non-hydrogen) atoms. The first-order valence-corrected chi connectivity index (χ1v) is 9.55. The summed E-state index contributed by atoms with van der Waals surface area (Å²) in [4.78, 5) is 36.4. The van der Waals surface area contributed by atoms with E-state index in [4.69, 9.17) is 9.47 Å². The van der Waals surface area contributed by atoms with Crippen LogP contribution < -0.4 is 15.4 Å². The molecule has 0 saturated heterocycles. The van der Waals surface area contributed by atoms with Crippen molar-refractivity contribution in [1.29, 1.82) is 0 Å². The monoisotopic (exact) mass is 374 g/mol. The van der Waals surface area contributed by atoms with E-state index < -0.39 is 29.9 Å². The number of rotatable bonds is 4. The van der Waals surface area contributed by atoms with Crippen LogP contribution in [0.3, 0.4) is 0 Å². The van der Waals surface area contributed by atoms with Gasteiger partial charge in [0, 0.05) is 6.04 Å². The first kappa shape index (κ1) is 19.2. The minimum Gasteiger partial charge on any atom is -0.492 e. The Kier molecular flexibility index (Phi) is 6.32. The Labute approximate surface area is 158 Å². The van der Waals surface area contributed by atoms with Gasteiger partial charge in [-0.05, 0) is 37.8 Å². The third-order valence-corrected chi connectivity index (χ3v) is 5.05. The van der Waals surface area contributed by atoms with Crippen molar-refractivity contribution in [2.75, 3.05) is 6.61 Å². The summed E-state index contributed by atoms with van der Waals surface area (Å²) < 4.78 is 10.8. The Morgan fingerprint density at radius 3 is 2.67 bits per heavy atom. The number of amides is 3. The minimum atomic E-state index is -1.05. The van der Waals surface area contributed by atoms with E-state index in [-0.39, 0.29) is 12.6 Å². The van der Waals surface area contributed by atoms with E-state index in [9.17, 15) is 14.4 Å². The molecule has 2 N–H and O–H groups in total. The first-order chi connectivity index (χ1) is 13.0. The van der Waals surface area contributed by atoms with Gasteiger partial charge < -0.3 is 14.8 Å². The minimum absolute atomic E-state index is 0.101. The van der Waals surface area contributed by atoms with Crippen molar-refractivity contribution in [2.24, 2.45) is 5.92 Å². The molecule has 1 aromatic carbocycles. The lowest BCUT2D eigenvalue weighted by atomic mass is 9.96. The highest BCUT2D eigenvalue weighted by Crippen LogP contribution is 2.27. The average Bonchev–Trinajstić information content (AvgIpc) is 2.68. The summed E-state index contributed by atoms with van der Waals surface area (Å²) in [6.45, 7) is 1.67. The van der Waals surface area contributed by atoms with Gasteiger partial charge in [0.2, 0.25) is 0 Å². The first-order valence-electron chi connectivity index (χ1n) is 9.55. The molecule has 1 aliphatic heterocycles. The number of nitrogens with one attached hydrogen (secondary N) is 2. The summed E-state index contributed by atoms with van der Waals surface area (Å²) in [5.74, 6) is -0.827. The van der Waals surface area contributed by atoms with Gasteiger partial charge in [-0.1, -0.05) is 37.5 Å². The zero-order valence-corrected chi connectivity index (χ0v) is 15.5. The van der Waals surface area contributed by atoms with Crippen LogP contribution in [-0.4, -0.2) is 36.7 Å². The second kappa shape index (κ2) is 8.88. The van der Waals surface area contributed by atoms with Gasteiger partial charge in [-0.25, -0.2) is 4.79 Å². The molecular formula is C20H26N2O5. The van der Waals surface area contributed by atoms with Gasteiger partial charge in [0.15, 0.2) is 6.10 Å². The molecule has 1 heterocycles. The summed E-state index contributed by atoms with van der Waals surface area (Å²) in [7, 11) is 0. The van der Waals surface area contributed by atoms with Gasteiger partial charge in [-0.3, -0.25) is 14.9 Å². The smallest absolute Gasteiger partial charge is 0.321 e. The fraction of sp³-hybridized carbons (Fsp3) is 0.550. The molecule has 0 aromatic heterocycles. The van der Waals surface area contributed by atoms with Crippen molar-refractivity contribution in [1.82, 2.24) is 10.6 Å². The van der Waals surface area contributed by atoms with Gasteiger partial charge in [-0.15, -0.1) is 0 Å². The summed E-state index contributed by atoms with van der Waals surface area (Å²) in [5, 5.41) is 5.05. The number of ether oxygens (including phenoxy) is 2. The SMILES string of the molecule is CC(OC(=O)C1COc2ccccc2C1)C(=O)NC(=O)NC1CCCCC1. The highest BCUT2D eigenvalue weighted by molar-refractivity contribution is 5.97. The number of hydrogen-bond acceptors (Lipinski definition) is 5. The zero-order chi connectivity index (χ0) is 19.2. The molecule has 2 atom stereocenters. The van der Waals surface area contributed by atoms with Gasteiger partial charge >= 0.3 is 12.0 Å². The number of hydrogen-bond donors (Lipinski definition) is 2. The van der Waals surface area contributed by atoms with Crippen molar-refractivity contribution >= 4 is 17.9 Å². The molecule has 7 heteroatoms. The van der Waals surface area contributed by atoms with Crippen LogP contribution in [0.2, 0.25) is 0 Å². The summed E-state index contributed by atoms with van der Waals surface area (Å²) in [6.07, 6.45) is 4.66. The van der Waals surface area contributed by atoms with Crippen LogP contribution >= 0.6 is 0 Å². The third-order valence-electron chi connectivity index (χ3n) is 5.05. The molecule has 1 aromatic rings. The molecular weight excluding hydrogens is 348 g/mol. The molecule has 146 valence electrons. The normalized spacial score (nSPS) is 20.6. The van der Waals surface area contributed by atoms with Crippen molar-refractivity contribution in [3.63, 3.8) is 0 Å². The van der Waals surface area contributed by atoms with E-state index in [2.05, 4.69) is 10.6 Å². The molecule has 2 unspecified atom stereocenters. The van der Waals surface area contributed by atoms with Crippen LogP contribution in [-0.2, 0) is 20.7 Å². The van der Waals surface area contributed by atoms with Crippen molar-refractivity contribution in [2.45, 2.75) is 57.6 Å². The highest BCUT2D eigenvalue weighted by Gasteiger charge is 2.30.